The van der Waals surface area contributed by atoms with Gasteiger partial charge in [-0.3, -0.25) is 9.89 Å². The number of hydrogen-bond acceptors (Lipinski definition) is 3. The first-order valence-electron chi connectivity index (χ1n) is 6.73. The molecule has 0 unspecified atom stereocenters. The second-order valence-corrected chi connectivity index (χ2v) is 5.03. The van der Waals surface area contributed by atoms with E-state index in [4.69, 9.17) is 0 Å². The molecule has 1 fully saturated rings. The van der Waals surface area contributed by atoms with Crippen molar-refractivity contribution in [3.63, 3.8) is 0 Å². The van der Waals surface area contributed by atoms with Gasteiger partial charge in [0, 0.05) is 17.8 Å². The molecule has 1 aliphatic heterocycles. The van der Waals surface area contributed by atoms with Crippen LogP contribution in [0, 0.1) is 5.92 Å². The summed E-state index contributed by atoms with van der Waals surface area (Å²) in [6.45, 7) is 2.47. The number of rotatable bonds is 3. The topological polar surface area (TPSA) is 69.8 Å². The molecular formula is C14H18N4O. The number of carbonyl (C=O) groups excluding carboxylic acids is 1. The molecule has 2 aromatic rings. The summed E-state index contributed by atoms with van der Waals surface area (Å²) in [4.78, 5) is 12.0. The number of amides is 1. The van der Waals surface area contributed by atoms with Gasteiger partial charge in [-0.05, 0) is 37.6 Å². The molecule has 3 N–H and O–H groups in total. The Labute approximate surface area is 111 Å². The van der Waals surface area contributed by atoms with Crippen molar-refractivity contribution >= 4 is 16.8 Å². The number of aromatic nitrogens is 2. The highest BCUT2D eigenvalue weighted by Gasteiger charge is 2.20. The summed E-state index contributed by atoms with van der Waals surface area (Å²) in [6.07, 6.45) is 3.67. The van der Waals surface area contributed by atoms with Gasteiger partial charge in [0.1, 0.15) is 0 Å². The molecule has 0 atom stereocenters. The van der Waals surface area contributed by atoms with Gasteiger partial charge in [-0.1, -0.05) is 12.1 Å². The van der Waals surface area contributed by atoms with Gasteiger partial charge in [-0.25, -0.2) is 0 Å². The van der Waals surface area contributed by atoms with E-state index in [0.29, 0.717) is 6.54 Å². The van der Waals surface area contributed by atoms with E-state index in [1.54, 1.807) is 6.20 Å². The number of nitrogens with one attached hydrogen (secondary N) is 3. The molecule has 1 saturated heterocycles. The van der Waals surface area contributed by atoms with Crippen LogP contribution in [0.2, 0.25) is 0 Å². The summed E-state index contributed by atoms with van der Waals surface area (Å²) in [7, 11) is 0. The van der Waals surface area contributed by atoms with Gasteiger partial charge in [-0.15, -0.1) is 0 Å². The third-order valence-corrected chi connectivity index (χ3v) is 3.68. The molecule has 0 bridgehead atoms. The number of piperidine rings is 1. The van der Waals surface area contributed by atoms with Crippen LogP contribution < -0.4 is 10.6 Å². The number of benzene rings is 1. The molecule has 2 heterocycles. The van der Waals surface area contributed by atoms with E-state index in [0.717, 1.165) is 42.4 Å². The number of H-pyrrole nitrogens is 1. The van der Waals surface area contributed by atoms with Crippen LogP contribution in [0.1, 0.15) is 18.4 Å². The zero-order chi connectivity index (χ0) is 13.1. The zero-order valence-electron chi connectivity index (χ0n) is 10.8. The highest BCUT2D eigenvalue weighted by molar-refractivity contribution is 5.80. The number of hydrogen-bond donors (Lipinski definition) is 3. The third-order valence-electron chi connectivity index (χ3n) is 3.68. The quantitative estimate of drug-likeness (QED) is 0.774. The minimum atomic E-state index is 0.164. The van der Waals surface area contributed by atoms with Crippen molar-refractivity contribution in [3.8, 4) is 0 Å². The summed E-state index contributed by atoms with van der Waals surface area (Å²) in [5.41, 5.74) is 2.10. The average molecular weight is 258 g/mol. The number of nitrogens with zero attached hydrogens (tertiary/aromatic N) is 1. The van der Waals surface area contributed by atoms with E-state index >= 15 is 0 Å². The monoisotopic (exact) mass is 258 g/mol. The van der Waals surface area contributed by atoms with Crippen molar-refractivity contribution in [1.82, 2.24) is 20.8 Å². The van der Waals surface area contributed by atoms with Gasteiger partial charge in [0.15, 0.2) is 0 Å². The van der Waals surface area contributed by atoms with E-state index < -0.39 is 0 Å². The molecule has 0 spiro atoms. The van der Waals surface area contributed by atoms with Gasteiger partial charge < -0.3 is 10.6 Å². The second kappa shape index (κ2) is 5.40. The van der Waals surface area contributed by atoms with E-state index in [1.165, 1.54) is 0 Å². The Balaban J connectivity index is 1.60. The van der Waals surface area contributed by atoms with Crippen LogP contribution in [0.3, 0.4) is 0 Å². The first-order chi connectivity index (χ1) is 9.33. The molecule has 0 saturated carbocycles. The predicted octanol–water partition coefficient (Wildman–Crippen LogP) is 1.18. The average Bonchev–Trinajstić information content (AvgIpc) is 2.93. The molecule has 100 valence electrons. The van der Waals surface area contributed by atoms with E-state index in [-0.39, 0.29) is 11.8 Å². The Morgan fingerprint density at radius 2 is 2.21 bits per heavy atom. The number of aromatic amines is 1. The van der Waals surface area contributed by atoms with Gasteiger partial charge in [0.2, 0.25) is 5.91 Å². The van der Waals surface area contributed by atoms with Crippen LogP contribution >= 0.6 is 0 Å². The Hall–Kier alpha value is -1.88. The lowest BCUT2D eigenvalue weighted by Gasteiger charge is -2.21. The maximum atomic E-state index is 12.0. The largest absolute Gasteiger partial charge is 0.352 e. The van der Waals surface area contributed by atoms with Crippen molar-refractivity contribution in [2.75, 3.05) is 13.1 Å². The lowest BCUT2D eigenvalue weighted by atomic mass is 9.97. The maximum absolute atomic E-state index is 12.0. The molecule has 1 amide bonds. The molecule has 1 aromatic heterocycles. The fourth-order valence-corrected chi connectivity index (χ4v) is 2.51. The molecule has 1 aromatic carbocycles. The van der Waals surface area contributed by atoms with Crippen molar-refractivity contribution in [2.24, 2.45) is 5.92 Å². The van der Waals surface area contributed by atoms with Crippen molar-refractivity contribution in [1.29, 1.82) is 0 Å². The molecule has 0 aliphatic carbocycles. The summed E-state index contributed by atoms with van der Waals surface area (Å²) in [6, 6.07) is 6.08. The zero-order valence-corrected chi connectivity index (χ0v) is 10.8. The van der Waals surface area contributed by atoms with Crippen LogP contribution in [0.5, 0.6) is 0 Å². The smallest absolute Gasteiger partial charge is 0.223 e. The molecule has 5 heteroatoms. The summed E-state index contributed by atoms with van der Waals surface area (Å²) in [5, 5.41) is 14.3. The number of fused-ring (bicyclic) bond motifs is 1. The predicted molar refractivity (Wildman–Crippen MR) is 73.5 cm³/mol. The Bertz CT molecular complexity index is 572. The highest BCUT2D eigenvalue weighted by atomic mass is 16.1. The first-order valence-corrected chi connectivity index (χ1v) is 6.73. The third kappa shape index (κ3) is 2.76. The SMILES string of the molecule is O=C(NCc1ccc2cn[nH]c2c1)C1CCNCC1. The minimum Gasteiger partial charge on any atom is -0.352 e. The van der Waals surface area contributed by atoms with Crippen molar-refractivity contribution < 1.29 is 4.79 Å². The van der Waals surface area contributed by atoms with Crippen molar-refractivity contribution in [2.45, 2.75) is 19.4 Å². The van der Waals surface area contributed by atoms with Crippen LogP contribution in [0.15, 0.2) is 24.4 Å². The van der Waals surface area contributed by atoms with Gasteiger partial charge >= 0.3 is 0 Å². The Morgan fingerprint density at radius 1 is 1.37 bits per heavy atom. The number of carbonyl (C=O) groups is 1. The van der Waals surface area contributed by atoms with E-state index in [1.807, 2.05) is 18.2 Å². The molecular weight excluding hydrogens is 240 g/mol. The molecule has 5 nitrogen and oxygen atoms in total. The standard InChI is InChI=1S/C14H18N4O/c19-14(11-3-5-15-6-4-11)16-8-10-1-2-12-9-17-18-13(12)7-10/h1-2,7,9,11,15H,3-6,8H2,(H,16,19)(H,17,18). The fraction of sp³-hybridized carbons (Fsp3) is 0.429. The van der Waals surface area contributed by atoms with E-state index in [2.05, 4.69) is 20.8 Å². The summed E-state index contributed by atoms with van der Waals surface area (Å²) in [5.74, 6) is 0.336. The normalized spacial score (nSPS) is 16.6. The minimum absolute atomic E-state index is 0.164. The fourth-order valence-electron chi connectivity index (χ4n) is 2.51. The Kier molecular flexibility index (Phi) is 3.46. The van der Waals surface area contributed by atoms with E-state index in [9.17, 15) is 4.79 Å². The summed E-state index contributed by atoms with van der Waals surface area (Å²) < 4.78 is 0. The molecule has 3 rings (SSSR count). The molecule has 1 aliphatic rings. The van der Waals surface area contributed by atoms with Gasteiger partial charge in [0.05, 0.1) is 11.7 Å². The first kappa shape index (κ1) is 12.2. The maximum Gasteiger partial charge on any atom is 0.223 e. The molecule has 0 radical (unpaired) electrons. The van der Waals surface area contributed by atoms with Crippen LogP contribution in [0.25, 0.3) is 10.9 Å². The highest BCUT2D eigenvalue weighted by Crippen LogP contribution is 2.14. The van der Waals surface area contributed by atoms with Crippen LogP contribution in [-0.2, 0) is 11.3 Å². The van der Waals surface area contributed by atoms with Crippen LogP contribution in [-0.4, -0.2) is 29.2 Å². The summed E-state index contributed by atoms with van der Waals surface area (Å²) >= 11 is 0. The lowest BCUT2D eigenvalue weighted by molar-refractivity contribution is -0.125. The van der Waals surface area contributed by atoms with Crippen LogP contribution in [0.4, 0.5) is 0 Å². The van der Waals surface area contributed by atoms with Crippen molar-refractivity contribution in [3.05, 3.63) is 30.0 Å². The second-order valence-electron chi connectivity index (χ2n) is 5.03. The Morgan fingerprint density at radius 3 is 3.05 bits per heavy atom. The van der Waals surface area contributed by atoms with Gasteiger partial charge in [-0.2, -0.15) is 5.10 Å². The molecule has 19 heavy (non-hydrogen) atoms. The lowest BCUT2D eigenvalue weighted by Crippen LogP contribution is -2.37. The van der Waals surface area contributed by atoms with Gasteiger partial charge in [0.25, 0.3) is 0 Å².